The fourth-order valence-corrected chi connectivity index (χ4v) is 5.71. The molecule has 4 atom stereocenters. The number of pyridine rings is 1. The van der Waals surface area contributed by atoms with Crippen molar-refractivity contribution in [3.8, 4) is 17.6 Å². The zero-order valence-corrected chi connectivity index (χ0v) is 20.9. The lowest BCUT2D eigenvalue weighted by Gasteiger charge is -2.37. The molecule has 3 rings (SSSR count). The van der Waals surface area contributed by atoms with Crippen LogP contribution in [-0.4, -0.2) is 77.8 Å². The van der Waals surface area contributed by atoms with Gasteiger partial charge >= 0.3 is 0 Å². The van der Waals surface area contributed by atoms with E-state index in [1.165, 1.54) is 10.4 Å². The molecule has 9 heteroatoms. The van der Waals surface area contributed by atoms with Crippen LogP contribution in [0.4, 0.5) is 0 Å². The zero-order chi connectivity index (χ0) is 24.9. The molecule has 0 aliphatic carbocycles. The van der Waals surface area contributed by atoms with Crippen LogP contribution in [0.25, 0.3) is 0 Å². The summed E-state index contributed by atoms with van der Waals surface area (Å²) in [6, 6.07) is 8.03. The summed E-state index contributed by atoms with van der Waals surface area (Å²) in [5.41, 5.74) is 1.67. The van der Waals surface area contributed by atoms with Gasteiger partial charge in [0, 0.05) is 49.6 Å². The van der Waals surface area contributed by atoms with Crippen molar-refractivity contribution in [2.75, 3.05) is 26.7 Å². The Balaban J connectivity index is 1.99. The summed E-state index contributed by atoms with van der Waals surface area (Å²) in [7, 11) is -1.91. The number of sulfonamides is 1. The topological polar surface area (TPSA) is 103 Å². The Morgan fingerprint density at radius 2 is 1.97 bits per heavy atom. The molecule has 0 amide bonds. The summed E-state index contributed by atoms with van der Waals surface area (Å²) >= 11 is 0. The molecule has 2 aromatic rings. The molecule has 2 heterocycles. The first-order chi connectivity index (χ1) is 16.1. The molecule has 2 N–H and O–H groups in total. The minimum atomic E-state index is -3.91. The Labute approximate surface area is 202 Å². The lowest BCUT2D eigenvalue weighted by Crippen LogP contribution is -2.49. The van der Waals surface area contributed by atoms with Crippen molar-refractivity contribution < 1.29 is 23.4 Å². The van der Waals surface area contributed by atoms with Gasteiger partial charge in [0.15, 0.2) is 0 Å². The SMILES string of the molecule is C[C@H](O)C#Cc1ccc2c(c1)O[C@@H](CN(C)Cc1ccncc1)[C@@H](C)CN([C@H](C)CO)S2(=O)=O. The molecule has 0 bridgehead atoms. The summed E-state index contributed by atoms with van der Waals surface area (Å²) in [6.45, 7) is 6.41. The molecule has 0 fully saturated rings. The van der Waals surface area contributed by atoms with E-state index in [0.29, 0.717) is 18.7 Å². The van der Waals surface area contributed by atoms with Crippen LogP contribution in [0.1, 0.15) is 31.9 Å². The molecule has 184 valence electrons. The number of fused-ring (bicyclic) bond motifs is 1. The van der Waals surface area contributed by atoms with Crippen molar-refractivity contribution in [2.24, 2.45) is 5.92 Å². The van der Waals surface area contributed by atoms with Crippen LogP contribution in [-0.2, 0) is 16.6 Å². The first-order valence-electron chi connectivity index (χ1n) is 11.3. The summed E-state index contributed by atoms with van der Waals surface area (Å²) < 4.78 is 34.7. The quantitative estimate of drug-likeness (QED) is 0.598. The number of aliphatic hydroxyl groups excluding tert-OH is 2. The summed E-state index contributed by atoms with van der Waals surface area (Å²) in [5.74, 6) is 5.61. The minimum absolute atomic E-state index is 0.0454. The first kappa shape index (κ1) is 26.1. The van der Waals surface area contributed by atoms with Gasteiger partial charge in [0.1, 0.15) is 22.9 Å². The van der Waals surface area contributed by atoms with Gasteiger partial charge in [0.25, 0.3) is 0 Å². The van der Waals surface area contributed by atoms with Crippen molar-refractivity contribution >= 4 is 10.0 Å². The van der Waals surface area contributed by atoms with Gasteiger partial charge in [-0.2, -0.15) is 4.31 Å². The molecule has 0 saturated carbocycles. The van der Waals surface area contributed by atoms with E-state index >= 15 is 0 Å². The number of aromatic nitrogens is 1. The molecule has 1 aliphatic rings. The molecule has 34 heavy (non-hydrogen) atoms. The molecule has 0 saturated heterocycles. The Morgan fingerprint density at radius 3 is 2.62 bits per heavy atom. The van der Waals surface area contributed by atoms with Gasteiger partial charge in [0.2, 0.25) is 10.0 Å². The van der Waals surface area contributed by atoms with Crippen LogP contribution in [0.15, 0.2) is 47.6 Å². The van der Waals surface area contributed by atoms with E-state index in [2.05, 4.69) is 21.7 Å². The zero-order valence-electron chi connectivity index (χ0n) is 20.0. The van der Waals surface area contributed by atoms with E-state index in [9.17, 15) is 18.6 Å². The molecule has 1 aromatic carbocycles. The van der Waals surface area contributed by atoms with E-state index in [1.807, 2.05) is 26.1 Å². The molecule has 0 unspecified atom stereocenters. The highest BCUT2D eigenvalue weighted by atomic mass is 32.2. The normalized spacial score (nSPS) is 21.9. The smallest absolute Gasteiger partial charge is 0.247 e. The standard InChI is InChI=1S/C25H33N3O5S/c1-18-14-28(19(2)17-29)34(31,32)25-8-7-21(6-5-20(3)30)13-23(25)33-24(18)16-27(4)15-22-9-11-26-12-10-22/h7-13,18-20,24,29-30H,14-17H2,1-4H3/t18-,19+,20-,24-/m0/s1. The van der Waals surface area contributed by atoms with Gasteiger partial charge in [-0.05, 0) is 56.8 Å². The molecule has 1 aromatic heterocycles. The molecule has 1 aliphatic heterocycles. The fourth-order valence-electron chi connectivity index (χ4n) is 3.88. The summed E-state index contributed by atoms with van der Waals surface area (Å²) in [6.07, 6.45) is 2.39. The highest BCUT2D eigenvalue weighted by molar-refractivity contribution is 7.89. The second kappa shape index (κ2) is 11.3. The molecular weight excluding hydrogens is 454 g/mol. The van der Waals surface area contributed by atoms with Gasteiger partial charge in [0.05, 0.1) is 6.61 Å². The average molecular weight is 488 g/mol. The fraction of sp³-hybridized carbons (Fsp3) is 0.480. The third-order valence-corrected chi connectivity index (χ3v) is 7.81. The summed E-state index contributed by atoms with van der Waals surface area (Å²) in [5, 5.41) is 19.3. The van der Waals surface area contributed by atoms with Gasteiger partial charge < -0.3 is 14.9 Å². The highest BCUT2D eigenvalue weighted by Gasteiger charge is 2.38. The number of nitrogens with zero attached hydrogens (tertiary/aromatic N) is 3. The Bertz CT molecular complexity index is 1130. The maximum atomic E-state index is 13.5. The van der Waals surface area contributed by atoms with E-state index in [4.69, 9.17) is 4.74 Å². The van der Waals surface area contributed by atoms with Crippen molar-refractivity contribution in [3.63, 3.8) is 0 Å². The first-order valence-corrected chi connectivity index (χ1v) is 12.8. The lowest BCUT2D eigenvalue weighted by molar-refractivity contribution is 0.0733. The van der Waals surface area contributed by atoms with Crippen LogP contribution < -0.4 is 4.74 Å². The van der Waals surface area contributed by atoms with Gasteiger partial charge in [-0.15, -0.1) is 0 Å². The predicted octanol–water partition coefficient (Wildman–Crippen LogP) is 1.71. The van der Waals surface area contributed by atoms with Crippen molar-refractivity contribution in [1.29, 1.82) is 0 Å². The summed E-state index contributed by atoms with van der Waals surface area (Å²) in [4.78, 5) is 6.23. The molecular formula is C25H33N3O5S. The van der Waals surface area contributed by atoms with Crippen molar-refractivity contribution in [2.45, 2.75) is 50.5 Å². The second-order valence-corrected chi connectivity index (χ2v) is 10.8. The largest absolute Gasteiger partial charge is 0.487 e. The maximum Gasteiger partial charge on any atom is 0.247 e. The Morgan fingerprint density at radius 1 is 1.26 bits per heavy atom. The van der Waals surface area contributed by atoms with E-state index in [-0.39, 0.29) is 35.8 Å². The highest BCUT2D eigenvalue weighted by Crippen LogP contribution is 2.34. The molecule has 0 spiro atoms. The van der Waals surface area contributed by atoms with Gasteiger partial charge in [-0.1, -0.05) is 18.8 Å². The number of likely N-dealkylation sites (N-methyl/N-ethyl adjacent to an activating group) is 1. The predicted molar refractivity (Wildman–Crippen MR) is 130 cm³/mol. The average Bonchev–Trinajstić information content (AvgIpc) is 2.80. The van der Waals surface area contributed by atoms with Crippen LogP contribution in [0.2, 0.25) is 0 Å². The third-order valence-electron chi connectivity index (χ3n) is 5.79. The lowest BCUT2D eigenvalue weighted by atomic mass is 10.0. The van der Waals surface area contributed by atoms with Crippen LogP contribution in [0, 0.1) is 17.8 Å². The minimum Gasteiger partial charge on any atom is -0.487 e. The third kappa shape index (κ3) is 6.34. The van der Waals surface area contributed by atoms with Crippen molar-refractivity contribution in [1.82, 2.24) is 14.2 Å². The molecule has 0 radical (unpaired) electrons. The van der Waals surface area contributed by atoms with Gasteiger partial charge in [-0.3, -0.25) is 9.88 Å². The maximum absolute atomic E-state index is 13.5. The number of ether oxygens (including phenoxy) is 1. The van der Waals surface area contributed by atoms with Crippen LogP contribution in [0.5, 0.6) is 5.75 Å². The number of benzene rings is 1. The van der Waals surface area contributed by atoms with Crippen LogP contribution in [0.3, 0.4) is 0 Å². The second-order valence-electron chi connectivity index (χ2n) is 8.90. The van der Waals surface area contributed by atoms with E-state index in [1.54, 1.807) is 38.4 Å². The number of aliphatic hydroxyl groups is 2. The monoisotopic (exact) mass is 487 g/mol. The van der Waals surface area contributed by atoms with E-state index < -0.39 is 22.2 Å². The van der Waals surface area contributed by atoms with Crippen LogP contribution >= 0.6 is 0 Å². The van der Waals surface area contributed by atoms with Gasteiger partial charge in [-0.25, -0.2) is 8.42 Å². The Hall–Kier alpha value is -2.48. The molecule has 8 nitrogen and oxygen atoms in total. The van der Waals surface area contributed by atoms with E-state index in [0.717, 1.165) is 5.56 Å². The number of hydrogen-bond acceptors (Lipinski definition) is 7. The Kier molecular flexibility index (Phi) is 8.68. The number of rotatable bonds is 6. The van der Waals surface area contributed by atoms with Crippen molar-refractivity contribution in [3.05, 3.63) is 53.9 Å². The number of hydrogen-bond donors (Lipinski definition) is 2.